The average Bonchev–Trinajstić information content (AvgIpc) is 2.78. The molecule has 0 unspecified atom stereocenters. The quantitative estimate of drug-likeness (QED) is 0.602. The molecular formula is C15H19NO2. The number of hydrogen-bond donors (Lipinski definition) is 0. The Bertz CT molecular complexity index is 425. The van der Waals surface area contributed by atoms with Gasteiger partial charge in [-0.15, -0.1) is 0 Å². The van der Waals surface area contributed by atoms with Crippen LogP contribution in [0.3, 0.4) is 0 Å². The molecule has 18 heavy (non-hydrogen) atoms. The fraction of sp³-hybridized carbons (Fsp3) is 0.400. The van der Waals surface area contributed by atoms with E-state index in [1.54, 1.807) is 6.08 Å². The van der Waals surface area contributed by atoms with E-state index in [1.807, 2.05) is 13.0 Å². The molecule has 1 heterocycles. The molecule has 1 aliphatic heterocycles. The fourth-order valence-corrected chi connectivity index (χ4v) is 2.19. The van der Waals surface area contributed by atoms with Crippen molar-refractivity contribution in [3.63, 3.8) is 0 Å². The zero-order chi connectivity index (χ0) is 12.8. The number of rotatable bonds is 4. The molecule has 0 N–H and O–H groups in total. The number of hydrogen-bond acceptors (Lipinski definition) is 3. The van der Waals surface area contributed by atoms with Crippen LogP contribution in [0.4, 0.5) is 0 Å². The molecule has 1 saturated heterocycles. The van der Waals surface area contributed by atoms with E-state index in [2.05, 4.69) is 29.2 Å². The van der Waals surface area contributed by atoms with E-state index in [0.717, 1.165) is 26.1 Å². The first-order valence-electron chi connectivity index (χ1n) is 6.40. The van der Waals surface area contributed by atoms with Crippen LogP contribution in [0.15, 0.2) is 42.0 Å². The van der Waals surface area contributed by atoms with Crippen LogP contribution in [0.5, 0.6) is 0 Å². The summed E-state index contributed by atoms with van der Waals surface area (Å²) in [7, 11) is 0. The summed E-state index contributed by atoms with van der Waals surface area (Å²) in [4.78, 5) is 13.7. The molecule has 0 aromatic heterocycles. The third-order valence-electron chi connectivity index (χ3n) is 3.03. The summed E-state index contributed by atoms with van der Waals surface area (Å²) in [6, 6.07) is 10.4. The summed E-state index contributed by atoms with van der Waals surface area (Å²) in [5.41, 5.74) is 2.49. The van der Waals surface area contributed by atoms with Crippen molar-refractivity contribution in [1.29, 1.82) is 0 Å². The van der Waals surface area contributed by atoms with E-state index >= 15 is 0 Å². The summed E-state index contributed by atoms with van der Waals surface area (Å²) < 4.78 is 4.92. The Balaban J connectivity index is 1.87. The number of ether oxygens (including phenoxy) is 1. The summed E-state index contributed by atoms with van der Waals surface area (Å²) in [5.74, 6) is -0.214. The van der Waals surface area contributed by atoms with Crippen molar-refractivity contribution in [1.82, 2.24) is 4.90 Å². The number of likely N-dealkylation sites (tertiary alicyclic amines) is 1. The van der Waals surface area contributed by atoms with Crippen LogP contribution in [-0.4, -0.2) is 30.6 Å². The van der Waals surface area contributed by atoms with Crippen LogP contribution < -0.4 is 0 Å². The molecule has 96 valence electrons. The second-order valence-corrected chi connectivity index (χ2v) is 4.50. The van der Waals surface area contributed by atoms with Crippen molar-refractivity contribution < 1.29 is 9.53 Å². The standard InChI is InChI=1S/C15H19NO2/c1-2-18-15(17)10-14-8-9-16(12-14)11-13-6-4-3-5-7-13/h3-7,10H,2,8-9,11-12H2,1H3/b14-10+. The van der Waals surface area contributed by atoms with E-state index in [0.29, 0.717) is 6.61 Å². The fourth-order valence-electron chi connectivity index (χ4n) is 2.19. The summed E-state index contributed by atoms with van der Waals surface area (Å²) in [6.07, 6.45) is 2.61. The van der Waals surface area contributed by atoms with Crippen molar-refractivity contribution in [2.45, 2.75) is 19.9 Å². The number of nitrogens with zero attached hydrogens (tertiary/aromatic N) is 1. The summed E-state index contributed by atoms with van der Waals surface area (Å²) >= 11 is 0. The first-order valence-corrected chi connectivity index (χ1v) is 6.40. The van der Waals surface area contributed by atoms with Crippen LogP contribution in [-0.2, 0) is 16.1 Å². The average molecular weight is 245 g/mol. The Kier molecular flexibility index (Phi) is 4.53. The molecule has 0 bridgehead atoms. The van der Waals surface area contributed by atoms with Crippen molar-refractivity contribution in [3.05, 3.63) is 47.5 Å². The van der Waals surface area contributed by atoms with E-state index in [4.69, 9.17) is 4.74 Å². The van der Waals surface area contributed by atoms with E-state index in [1.165, 1.54) is 11.1 Å². The van der Waals surface area contributed by atoms with E-state index < -0.39 is 0 Å². The van der Waals surface area contributed by atoms with Gasteiger partial charge >= 0.3 is 5.97 Å². The van der Waals surface area contributed by atoms with Gasteiger partial charge in [-0.1, -0.05) is 30.3 Å². The monoisotopic (exact) mass is 245 g/mol. The predicted molar refractivity (Wildman–Crippen MR) is 71.1 cm³/mol. The van der Waals surface area contributed by atoms with Gasteiger partial charge in [-0.05, 0) is 24.5 Å². The van der Waals surface area contributed by atoms with Gasteiger partial charge in [-0.3, -0.25) is 4.90 Å². The van der Waals surface area contributed by atoms with Crippen molar-refractivity contribution in [2.75, 3.05) is 19.7 Å². The molecule has 3 heteroatoms. The molecule has 0 spiro atoms. The zero-order valence-corrected chi connectivity index (χ0v) is 10.8. The van der Waals surface area contributed by atoms with Gasteiger partial charge < -0.3 is 4.74 Å². The molecule has 0 aliphatic carbocycles. The highest BCUT2D eigenvalue weighted by Crippen LogP contribution is 2.17. The molecule has 1 aromatic carbocycles. The maximum atomic E-state index is 11.3. The highest BCUT2D eigenvalue weighted by Gasteiger charge is 2.17. The zero-order valence-electron chi connectivity index (χ0n) is 10.8. The lowest BCUT2D eigenvalue weighted by molar-refractivity contribution is -0.137. The lowest BCUT2D eigenvalue weighted by Crippen LogP contribution is -2.18. The minimum absolute atomic E-state index is 0.214. The summed E-state index contributed by atoms with van der Waals surface area (Å²) in [6.45, 7) is 5.10. The highest BCUT2D eigenvalue weighted by molar-refractivity contribution is 5.82. The first-order chi connectivity index (χ1) is 8.78. The van der Waals surface area contributed by atoms with Gasteiger partial charge in [0.05, 0.1) is 6.61 Å². The predicted octanol–water partition coefficient (Wildman–Crippen LogP) is 2.38. The number of carbonyl (C=O) groups excluding carboxylic acids is 1. The highest BCUT2D eigenvalue weighted by atomic mass is 16.5. The van der Waals surface area contributed by atoms with E-state index in [9.17, 15) is 4.79 Å². The van der Waals surface area contributed by atoms with Crippen molar-refractivity contribution in [2.24, 2.45) is 0 Å². The van der Waals surface area contributed by atoms with Gasteiger partial charge in [0.2, 0.25) is 0 Å². The minimum atomic E-state index is -0.214. The minimum Gasteiger partial charge on any atom is -0.463 e. The van der Waals surface area contributed by atoms with Gasteiger partial charge in [0.1, 0.15) is 0 Å². The normalized spacial score (nSPS) is 18.2. The maximum absolute atomic E-state index is 11.3. The third-order valence-corrected chi connectivity index (χ3v) is 3.03. The maximum Gasteiger partial charge on any atom is 0.330 e. The van der Waals surface area contributed by atoms with Crippen LogP contribution in [0, 0.1) is 0 Å². The molecule has 3 nitrogen and oxygen atoms in total. The van der Waals surface area contributed by atoms with Crippen molar-refractivity contribution >= 4 is 5.97 Å². The molecule has 1 aliphatic rings. The number of esters is 1. The van der Waals surface area contributed by atoms with Gasteiger partial charge in [0, 0.05) is 25.7 Å². The Morgan fingerprint density at radius 2 is 2.17 bits per heavy atom. The lowest BCUT2D eigenvalue weighted by atomic mass is 10.2. The van der Waals surface area contributed by atoms with Gasteiger partial charge in [-0.25, -0.2) is 4.79 Å². The van der Waals surface area contributed by atoms with Gasteiger partial charge in [-0.2, -0.15) is 0 Å². The Morgan fingerprint density at radius 1 is 1.39 bits per heavy atom. The van der Waals surface area contributed by atoms with Crippen LogP contribution in [0.1, 0.15) is 18.9 Å². The molecule has 1 aromatic rings. The largest absolute Gasteiger partial charge is 0.463 e. The van der Waals surface area contributed by atoms with Crippen molar-refractivity contribution in [3.8, 4) is 0 Å². The summed E-state index contributed by atoms with van der Waals surface area (Å²) in [5, 5.41) is 0. The smallest absolute Gasteiger partial charge is 0.330 e. The first kappa shape index (κ1) is 12.8. The molecule has 2 rings (SSSR count). The lowest BCUT2D eigenvalue weighted by Gasteiger charge is -2.13. The van der Waals surface area contributed by atoms with Crippen LogP contribution in [0.2, 0.25) is 0 Å². The third kappa shape index (κ3) is 3.70. The van der Waals surface area contributed by atoms with Crippen LogP contribution in [0.25, 0.3) is 0 Å². The molecular weight excluding hydrogens is 226 g/mol. The number of carbonyl (C=O) groups is 1. The molecule has 0 radical (unpaired) electrons. The topological polar surface area (TPSA) is 29.5 Å². The molecule has 0 saturated carbocycles. The molecule has 1 fully saturated rings. The van der Waals surface area contributed by atoms with Gasteiger partial charge in [0.25, 0.3) is 0 Å². The molecule has 0 atom stereocenters. The SMILES string of the molecule is CCOC(=O)/C=C1\CCN(Cc2ccccc2)C1. The Hall–Kier alpha value is -1.61. The second-order valence-electron chi connectivity index (χ2n) is 4.50. The van der Waals surface area contributed by atoms with Crippen LogP contribution >= 0.6 is 0 Å². The van der Waals surface area contributed by atoms with E-state index in [-0.39, 0.29) is 5.97 Å². The Morgan fingerprint density at radius 3 is 2.89 bits per heavy atom. The Labute approximate surface area is 108 Å². The van der Waals surface area contributed by atoms with Gasteiger partial charge in [0.15, 0.2) is 0 Å². The second kappa shape index (κ2) is 6.36. The number of benzene rings is 1. The molecule has 0 amide bonds.